The van der Waals surface area contributed by atoms with Crippen LogP contribution in [-0.2, 0) is 4.79 Å². The molecule has 0 radical (unpaired) electrons. The zero-order valence-electron chi connectivity index (χ0n) is 16.3. The van der Waals surface area contributed by atoms with Crippen LogP contribution in [0.25, 0.3) is 0 Å². The lowest BCUT2D eigenvalue weighted by molar-refractivity contribution is -0.427. The molecule has 4 heteroatoms. The highest BCUT2D eigenvalue weighted by atomic mass is 16.6. The molecule has 0 aromatic carbocycles. The minimum atomic E-state index is -0.293. The Morgan fingerprint density at radius 1 is 0.808 bits per heavy atom. The first-order valence-electron chi connectivity index (χ1n) is 9.94. The second kappa shape index (κ2) is 19.4. The molecule has 0 saturated heterocycles. The second-order valence-corrected chi connectivity index (χ2v) is 6.34. The summed E-state index contributed by atoms with van der Waals surface area (Å²) in [5, 5.41) is 11.1. The van der Waals surface area contributed by atoms with Gasteiger partial charge in [0.2, 0.25) is 5.70 Å². The number of hydrogen-bond donors (Lipinski definition) is 0. The molecule has 26 heavy (non-hydrogen) atoms. The Kier molecular flexibility index (Phi) is 17.9. The van der Waals surface area contributed by atoms with E-state index in [1.54, 1.807) is 6.08 Å². The van der Waals surface area contributed by atoms with Gasteiger partial charge in [-0.1, -0.05) is 62.6 Å². The minimum Gasteiger partial charge on any atom is -0.303 e. The SMILES string of the molecule is CCCCC/C=C/C/C=C/C/C(=C/C/C=C/CCCCCC=O)[N+](=O)[O-]. The van der Waals surface area contributed by atoms with Gasteiger partial charge >= 0.3 is 0 Å². The topological polar surface area (TPSA) is 60.2 Å². The maximum Gasteiger partial charge on any atom is 0.246 e. The molecule has 0 fully saturated rings. The maximum atomic E-state index is 11.1. The number of unbranched alkanes of at least 4 members (excludes halogenated alkanes) is 7. The van der Waals surface area contributed by atoms with E-state index in [-0.39, 0.29) is 10.6 Å². The van der Waals surface area contributed by atoms with E-state index in [4.69, 9.17) is 0 Å². The van der Waals surface area contributed by atoms with Crippen molar-refractivity contribution in [2.75, 3.05) is 0 Å². The van der Waals surface area contributed by atoms with Crippen molar-refractivity contribution >= 4 is 6.29 Å². The number of nitrogens with zero attached hydrogens (tertiary/aromatic N) is 1. The summed E-state index contributed by atoms with van der Waals surface area (Å²) in [5.41, 5.74) is 0.254. The van der Waals surface area contributed by atoms with Gasteiger partial charge in [0, 0.05) is 6.42 Å². The lowest BCUT2D eigenvalue weighted by atomic mass is 10.1. The third-order valence-electron chi connectivity index (χ3n) is 3.99. The van der Waals surface area contributed by atoms with Crippen molar-refractivity contribution in [3.63, 3.8) is 0 Å². The van der Waals surface area contributed by atoms with Crippen LogP contribution in [0.2, 0.25) is 0 Å². The molecular formula is C22H35NO3. The van der Waals surface area contributed by atoms with E-state index in [9.17, 15) is 14.9 Å². The van der Waals surface area contributed by atoms with Crippen LogP contribution in [0.4, 0.5) is 0 Å². The number of carbonyl (C=O) groups is 1. The highest BCUT2D eigenvalue weighted by Crippen LogP contribution is 2.08. The van der Waals surface area contributed by atoms with E-state index in [0.29, 0.717) is 19.3 Å². The average molecular weight is 362 g/mol. The fraction of sp³-hybridized carbons (Fsp3) is 0.591. The third kappa shape index (κ3) is 16.9. The molecule has 0 amide bonds. The van der Waals surface area contributed by atoms with Gasteiger partial charge in [0.05, 0.1) is 11.3 Å². The van der Waals surface area contributed by atoms with E-state index >= 15 is 0 Å². The van der Waals surface area contributed by atoms with E-state index in [1.807, 2.05) is 18.2 Å². The smallest absolute Gasteiger partial charge is 0.246 e. The molecule has 4 nitrogen and oxygen atoms in total. The zero-order valence-corrected chi connectivity index (χ0v) is 16.3. The van der Waals surface area contributed by atoms with Crippen LogP contribution in [-0.4, -0.2) is 11.2 Å². The Balaban J connectivity index is 3.96. The van der Waals surface area contributed by atoms with Crippen molar-refractivity contribution in [2.24, 2.45) is 0 Å². The molecule has 0 aromatic heterocycles. The predicted octanol–water partition coefficient (Wildman–Crippen LogP) is 6.72. The third-order valence-corrected chi connectivity index (χ3v) is 3.99. The summed E-state index contributed by atoms with van der Waals surface area (Å²) >= 11 is 0. The predicted molar refractivity (Wildman–Crippen MR) is 110 cm³/mol. The fourth-order valence-electron chi connectivity index (χ4n) is 2.42. The molecule has 0 aromatic rings. The molecule has 0 heterocycles. The van der Waals surface area contributed by atoms with E-state index < -0.39 is 0 Å². The van der Waals surface area contributed by atoms with Crippen LogP contribution < -0.4 is 0 Å². The molecule has 0 aliphatic carbocycles. The lowest BCUT2D eigenvalue weighted by Gasteiger charge is -1.95. The Bertz CT molecular complexity index is 476. The molecule has 0 spiro atoms. The second-order valence-electron chi connectivity index (χ2n) is 6.34. The number of hydrogen-bond acceptors (Lipinski definition) is 3. The highest BCUT2D eigenvalue weighted by molar-refractivity contribution is 5.48. The monoisotopic (exact) mass is 361 g/mol. The highest BCUT2D eigenvalue weighted by Gasteiger charge is 2.06. The molecular weight excluding hydrogens is 326 g/mol. The number of allylic oxidation sites excluding steroid dienone is 7. The lowest BCUT2D eigenvalue weighted by Crippen LogP contribution is -1.97. The van der Waals surface area contributed by atoms with Gasteiger partial charge < -0.3 is 4.79 Å². The van der Waals surface area contributed by atoms with Gasteiger partial charge in [-0.15, -0.1) is 0 Å². The Morgan fingerprint density at radius 2 is 1.42 bits per heavy atom. The van der Waals surface area contributed by atoms with Crippen molar-refractivity contribution < 1.29 is 9.72 Å². The summed E-state index contributed by atoms with van der Waals surface area (Å²) in [6.45, 7) is 2.20. The summed E-state index contributed by atoms with van der Waals surface area (Å²) in [6.07, 6.45) is 26.2. The number of aldehydes is 1. The van der Waals surface area contributed by atoms with Gasteiger partial charge in [-0.25, -0.2) is 0 Å². The Hall–Kier alpha value is -1.97. The standard InChI is InChI=1S/C22H35NO3/c1-2-3-4-5-6-7-10-13-16-19-22(23(25)26)20-17-14-11-8-9-12-15-18-21-24/h6-7,11,13-14,16,20-21H,2-5,8-10,12,15,17-19H2,1H3/b7-6+,14-11+,16-13+,22-20-. The van der Waals surface area contributed by atoms with E-state index in [2.05, 4.69) is 25.2 Å². The minimum absolute atomic E-state index is 0.254. The largest absolute Gasteiger partial charge is 0.303 e. The van der Waals surface area contributed by atoms with E-state index in [0.717, 1.165) is 44.8 Å². The van der Waals surface area contributed by atoms with Gasteiger partial charge in [0.25, 0.3) is 0 Å². The van der Waals surface area contributed by atoms with Gasteiger partial charge in [0.15, 0.2) is 0 Å². The van der Waals surface area contributed by atoms with Crippen molar-refractivity contribution in [1.29, 1.82) is 0 Å². The summed E-state index contributed by atoms with van der Waals surface area (Å²) < 4.78 is 0. The van der Waals surface area contributed by atoms with E-state index in [1.165, 1.54) is 19.3 Å². The summed E-state index contributed by atoms with van der Waals surface area (Å²) in [5.74, 6) is 0. The molecule has 0 unspecified atom stereocenters. The average Bonchev–Trinajstić information content (AvgIpc) is 2.63. The maximum absolute atomic E-state index is 11.1. The summed E-state index contributed by atoms with van der Waals surface area (Å²) in [7, 11) is 0. The van der Waals surface area contributed by atoms with Crippen molar-refractivity contribution in [2.45, 2.75) is 84.0 Å². The number of carbonyl (C=O) groups excluding carboxylic acids is 1. The molecule has 0 aliphatic heterocycles. The quantitative estimate of drug-likeness (QED) is 0.0950. The van der Waals surface area contributed by atoms with Crippen molar-refractivity contribution in [3.8, 4) is 0 Å². The first-order valence-corrected chi connectivity index (χ1v) is 9.94. The first-order chi connectivity index (χ1) is 12.7. The van der Waals surface area contributed by atoms with Gasteiger partial charge in [-0.2, -0.15) is 0 Å². The van der Waals surface area contributed by atoms with Crippen LogP contribution in [0, 0.1) is 10.1 Å². The molecule has 0 bridgehead atoms. The number of rotatable bonds is 17. The van der Waals surface area contributed by atoms with Crippen LogP contribution in [0.3, 0.4) is 0 Å². The van der Waals surface area contributed by atoms with Crippen LogP contribution >= 0.6 is 0 Å². The normalized spacial score (nSPS) is 12.6. The molecule has 0 saturated carbocycles. The molecule has 0 N–H and O–H groups in total. The van der Waals surface area contributed by atoms with Crippen LogP contribution in [0.5, 0.6) is 0 Å². The van der Waals surface area contributed by atoms with Crippen molar-refractivity contribution in [1.82, 2.24) is 0 Å². The Labute approximate surface area is 158 Å². The zero-order chi connectivity index (χ0) is 19.3. The Morgan fingerprint density at radius 3 is 2.08 bits per heavy atom. The van der Waals surface area contributed by atoms with Gasteiger partial charge in [-0.3, -0.25) is 10.1 Å². The first kappa shape index (κ1) is 24.0. The summed E-state index contributed by atoms with van der Waals surface area (Å²) in [4.78, 5) is 21.0. The fourth-order valence-corrected chi connectivity index (χ4v) is 2.42. The van der Waals surface area contributed by atoms with Gasteiger partial charge in [0.1, 0.15) is 6.29 Å². The molecule has 0 rings (SSSR count). The molecule has 146 valence electrons. The molecule has 0 atom stereocenters. The van der Waals surface area contributed by atoms with Gasteiger partial charge in [-0.05, 0) is 51.0 Å². The van der Waals surface area contributed by atoms with Crippen LogP contribution in [0.15, 0.2) is 48.2 Å². The summed E-state index contributed by atoms with van der Waals surface area (Å²) in [6, 6.07) is 0. The van der Waals surface area contributed by atoms with Crippen molar-refractivity contribution in [3.05, 3.63) is 58.3 Å². The molecule has 0 aliphatic rings. The van der Waals surface area contributed by atoms with Crippen LogP contribution in [0.1, 0.15) is 84.0 Å². The number of nitro groups is 1.